The van der Waals surface area contributed by atoms with Crippen LogP contribution in [0.3, 0.4) is 0 Å². The van der Waals surface area contributed by atoms with Crippen LogP contribution in [-0.2, 0) is 4.74 Å². The second kappa shape index (κ2) is 1.33. The molecule has 2 fully saturated rings. The van der Waals surface area contributed by atoms with Gasteiger partial charge in [0.2, 0.25) is 0 Å². The van der Waals surface area contributed by atoms with Gasteiger partial charge in [-0.1, -0.05) is 5.92 Å². The quantitative estimate of drug-likeness (QED) is 0.434. The molecular weight excluding hydrogens is 112 g/mol. The standard InChI is InChI=1S/C8H10O/c1-3-8(2)6-4-9-5-7(6)8/h1,6-7H,4-5H2,2H3/t6-,7+,8?. The Kier molecular flexibility index (Phi) is 0.784. The van der Waals surface area contributed by atoms with Crippen LogP contribution in [0, 0.1) is 29.6 Å². The lowest BCUT2D eigenvalue weighted by molar-refractivity contribution is 0.142. The second-order valence-electron chi connectivity index (χ2n) is 3.18. The minimum absolute atomic E-state index is 0.207. The molecular formula is C8H10O. The summed E-state index contributed by atoms with van der Waals surface area (Å²) in [7, 11) is 0. The molecule has 2 rings (SSSR count). The number of hydrogen-bond donors (Lipinski definition) is 0. The summed E-state index contributed by atoms with van der Waals surface area (Å²) in [5.41, 5.74) is 0.207. The Morgan fingerprint density at radius 3 is 2.44 bits per heavy atom. The highest BCUT2D eigenvalue weighted by Crippen LogP contribution is 2.61. The molecule has 0 bridgehead atoms. The van der Waals surface area contributed by atoms with E-state index in [1.165, 1.54) is 0 Å². The molecule has 1 heterocycles. The average Bonchev–Trinajstić information content (AvgIpc) is 2.39. The topological polar surface area (TPSA) is 9.23 Å². The first-order valence-electron chi connectivity index (χ1n) is 3.34. The summed E-state index contributed by atoms with van der Waals surface area (Å²) < 4.78 is 5.21. The van der Waals surface area contributed by atoms with Gasteiger partial charge in [0, 0.05) is 17.3 Å². The van der Waals surface area contributed by atoms with Gasteiger partial charge in [0.1, 0.15) is 0 Å². The summed E-state index contributed by atoms with van der Waals surface area (Å²) in [4.78, 5) is 0. The van der Waals surface area contributed by atoms with Gasteiger partial charge in [-0.3, -0.25) is 0 Å². The molecule has 0 aromatic rings. The van der Waals surface area contributed by atoms with E-state index < -0.39 is 0 Å². The molecule has 0 spiro atoms. The fourth-order valence-corrected chi connectivity index (χ4v) is 1.81. The first kappa shape index (κ1) is 5.32. The van der Waals surface area contributed by atoms with Crippen molar-refractivity contribution in [2.75, 3.05) is 13.2 Å². The van der Waals surface area contributed by atoms with Crippen LogP contribution in [0.1, 0.15) is 6.92 Å². The molecule has 1 unspecified atom stereocenters. The molecule has 0 amide bonds. The van der Waals surface area contributed by atoms with E-state index in [-0.39, 0.29) is 5.41 Å². The Morgan fingerprint density at radius 1 is 1.56 bits per heavy atom. The summed E-state index contributed by atoms with van der Waals surface area (Å²) >= 11 is 0. The highest BCUT2D eigenvalue weighted by Gasteiger charge is 2.63. The fraction of sp³-hybridized carbons (Fsp3) is 0.750. The van der Waals surface area contributed by atoms with E-state index in [1.54, 1.807) is 0 Å². The Hall–Kier alpha value is -0.480. The van der Waals surface area contributed by atoms with Gasteiger partial charge in [0.25, 0.3) is 0 Å². The Balaban J connectivity index is 2.18. The summed E-state index contributed by atoms with van der Waals surface area (Å²) in [5, 5.41) is 0. The van der Waals surface area contributed by atoms with E-state index in [4.69, 9.17) is 11.2 Å². The molecule has 9 heavy (non-hydrogen) atoms. The van der Waals surface area contributed by atoms with Crippen molar-refractivity contribution in [3.05, 3.63) is 0 Å². The van der Waals surface area contributed by atoms with E-state index in [9.17, 15) is 0 Å². The molecule has 1 saturated heterocycles. The van der Waals surface area contributed by atoms with E-state index >= 15 is 0 Å². The van der Waals surface area contributed by atoms with Crippen molar-refractivity contribution in [3.63, 3.8) is 0 Å². The van der Waals surface area contributed by atoms with Gasteiger partial charge in [-0.25, -0.2) is 0 Å². The number of ether oxygens (including phenoxy) is 1. The summed E-state index contributed by atoms with van der Waals surface area (Å²) in [5.74, 6) is 4.20. The first-order chi connectivity index (χ1) is 4.29. The lowest BCUT2D eigenvalue weighted by Crippen LogP contribution is -2.05. The molecule has 48 valence electrons. The third-order valence-electron chi connectivity index (χ3n) is 2.82. The molecule has 0 aromatic carbocycles. The zero-order valence-corrected chi connectivity index (χ0v) is 5.55. The minimum atomic E-state index is 0.207. The highest BCUT2D eigenvalue weighted by atomic mass is 16.5. The fourth-order valence-electron chi connectivity index (χ4n) is 1.81. The largest absolute Gasteiger partial charge is 0.381 e. The monoisotopic (exact) mass is 122 g/mol. The SMILES string of the molecule is C#CC1(C)[C@@H]2COC[C@@H]21. The Labute approximate surface area is 55.4 Å². The zero-order chi connectivity index (χ0) is 6.48. The van der Waals surface area contributed by atoms with Gasteiger partial charge in [-0.05, 0) is 6.92 Å². The number of fused-ring (bicyclic) bond motifs is 1. The molecule has 1 nitrogen and oxygen atoms in total. The minimum Gasteiger partial charge on any atom is -0.381 e. The maximum absolute atomic E-state index is 5.35. The van der Waals surface area contributed by atoms with Crippen molar-refractivity contribution in [1.82, 2.24) is 0 Å². The summed E-state index contributed by atoms with van der Waals surface area (Å²) in [6.07, 6.45) is 5.35. The summed E-state index contributed by atoms with van der Waals surface area (Å²) in [6.45, 7) is 3.95. The van der Waals surface area contributed by atoms with Crippen molar-refractivity contribution in [2.45, 2.75) is 6.92 Å². The molecule has 1 saturated carbocycles. The number of rotatable bonds is 0. The molecule has 3 atom stereocenters. The maximum atomic E-state index is 5.35. The van der Waals surface area contributed by atoms with Gasteiger partial charge in [0.15, 0.2) is 0 Å². The van der Waals surface area contributed by atoms with Crippen molar-refractivity contribution in [2.24, 2.45) is 17.3 Å². The van der Waals surface area contributed by atoms with Crippen LogP contribution in [0.25, 0.3) is 0 Å². The third-order valence-corrected chi connectivity index (χ3v) is 2.82. The lowest BCUT2D eigenvalue weighted by atomic mass is 10.1. The van der Waals surface area contributed by atoms with E-state index in [0.29, 0.717) is 11.8 Å². The third kappa shape index (κ3) is 0.452. The van der Waals surface area contributed by atoms with Crippen LogP contribution in [0.4, 0.5) is 0 Å². The predicted molar refractivity (Wildman–Crippen MR) is 34.7 cm³/mol. The average molecular weight is 122 g/mol. The number of hydrogen-bond acceptors (Lipinski definition) is 1. The van der Waals surface area contributed by atoms with Crippen LogP contribution >= 0.6 is 0 Å². The van der Waals surface area contributed by atoms with Crippen LogP contribution < -0.4 is 0 Å². The molecule has 1 heteroatoms. The highest BCUT2D eigenvalue weighted by molar-refractivity contribution is 5.24. The molecule has 1 aliphatic carbocycles. The maximum Gasteiger partial charge on any atom is 0.0513 e. The molecule has 0 radical (unpaired) electrons. The Morgan fingerprint density at radius 2 is 2.11 bits per heavy atom. The van der Waals surface area contributed by atoms with Gasteiger partial charge in [-0.15, -0.1) is 6.42 Å². The van der Waals surface area contributed by atoms with Gasteiger partial charge in [-0.2, -0.15) is 0 Å². The van der Waals surface area contributed by atoms with Gasteiger partial charge < -0.3 is 4.74 Å². The van der Waals surface area contributed by atoms with Crippen LogP contribution in [0.5, 0.6) is 0 Å². The molecule has 0 N–H and O–H groups in total. The van der Waals surface area contributed by atoms with Crippen LogP contribution in [-0.4, -0.2) is 13.2 Å². The van der Waals surface area contributed by atoms with E-state index in [2.05, 4.69) is 12.8 Å². The van der Waals surface area contributed by atoms with Gasteiger partial charge >= 0.3 is 0 Å². The number of terminal acetylenes is 1. The predicted octanol–water partition coefficient (Wildman–Crippen LogP) is 0.902. The van der Waals surface area contributed by atoms with E-state index in [1.807, 2.05) is 0 Å². The molecule has 2 aliphatic rings. The first-order valence-corrected chi connectivity index (χ1v) is 3.34. The lowest BCUT2D eigenvalue weighted by Gasteiger charge is -2.05. The normalized spacial score (nSPS) is 54.2. The Bertz CT molecular complexity index is 167. The zero-order valence-electron chi connectivity index (χ0n) is 5.55. The van der Waals surface area contributed by atoms with Crippen LogP contribution in [0.2, 0.25) is 0 Å². The van der Waals surface area contributed by atoms with Crippen LogP contribution in [0.15, 0.2) is 0 Å². The van der Waals surface area contributed by atoms with E-state index in [0.717, 1.165) is 13.2 Å². The molecule has 0 aromatic heterocycles. The smallest absolute Gasteiger partial charge is 0.0513 e. The second-order valence-corrected chi connectivity index (χ2v) is 3.18. The van der Waals surface area contributed by atoms with Crippen molar-refractivity contribution < 1.29 is 4.74 Å². The van der Waals surface area contributed by atoms with Gasteiger partial charge in [0.05, 0.1) is 13.2 Å². The van der Waals surface area contributed by atoms with Crippen molar-refractivity contribution in [1.29, 1.82) is 0 Å². The van der Waals surface area contributed by atoms with Crippen molar-refractivity contribution in [3.8, 4) is 12.3 Å². The molecule has 1 aliphatic heterocycles. The van der Waals surface area contributed by atoms with Crippen molar-refractivity contribution >= 4 is 0 Å². The summed E-state index contributed by atoms with van der Waals surface area (Å²) in [6, 6.07) is 0.